The summed E-state index contributed by atoms with van der Waals surface area (Å²) in [5, 5.41) is 0. The van der Waals surface area contributed by atoms with Crippen LogP contribution < -0.4 is 5.43 Å². The van der Waals surface area contributed by atoms with Crippen molar-refractivity contribution in [2.45, 2.75) is 20.8 Å². The van der Waals surface area contributed by atoms with E-state index < -0.39 is 0 Å². The molecule has 0 atom stereocenters. The summed E-state index contributed by atoms with van der Waals surface area (Å²) in [6.45, 7) is 6.92. The van der Waals surface area contributed by atoms with Crippen LogP contribution in [0.2, 0.25) is 0 Å². The van der Waals surface area contributed by atoms with Crippen LogP contribution in [0, 0.1) is 5.41 Å². The van der Waals surface area contributed by atoms with Gasteiger partial charge in [-0.3, -0.25) is 4.79 Å². The number of nitrogens with one attached hydrogen (secondary N) is 1. The summed E-state index contributed by atoms with van der Waals surface area (Å²) in [5.74, 6) is 0.0812. The number of hydrazine groups is 1. The van der Waals surface area contributed by atoms with Gasteiger partial charge in [0.25, 0.3) is 6.54 Å². The Morgan fingerprint density at radius 1 is 1.25 bits per heavy atom. The van der Waals surface area contributed by atoms with E-state index in [1.54, 1.807) is 0 Å². The van der Waals surface area contributed by atoms with E-state index in [0.29, 0.717) is 6.54 Å². The van der Waals surface area contributed by atoms with Gasteiger partial charge in [0.15, 0.2) is 0 Å². The monoisotopic (exact) mass is 217 g/mol. The molecule has 1 aliphatic heterocycles. The maximum Gasteiger partial charge on any atom is 0.342 e. The van der Waals surface area contributed by atoms with Crippen LogP contribution in [-0.2, 0) is 4.79 Å². The van der Waals surface area contributed by atoms with Crippen LogP contribution in [0.3, 0.4) is 0 Å². The summed E-state index contributed by atoms with van der Waals surface area (Å²) in [6.07, 6.45) is 0. The highest BCUT2D eigenvalue weighted by Gasteiger charge is 2.38. The van der Waals surface area contributed by atoms with E-state index in [9.17, 15) is 4.79 Å². The summed E-state index contributed by atoms with van der Waals surface area (Å²) in [7, 11) is 0. The zero-order chi connectivity index (χ0) is 11.8. The molecule has 1 N–H and O–H groups in total. The average molecular weight is 217 g/mol. The van der Waals surface area contributed by atoms with Crippen LogP contribution in [0.4, 0.5) is 0 Å². The minimum atomic E-state index is 0.00898. The van der Waals surface area contributed by atoms with E-state index in [4.69, 9.17) is 0 Å². The van der Waals surface area contributed by atoms with Gasteiger partial charge in [0.2, 0.25) is 5.71 Å². The predicted octanol–water partition coefficient (Wildman–Crippen LogP) is 1.58. The van der Waals surface area contributed by atoms with Gasteiger partial charge in [-0.2, -0.15) is 0 Å². The van der Waals surface area contributed by atoms with Crippen molar-refractivity contribution in [2.75, 3.05) is 6.54 Å². The lowest BCUT2D eigenvalue weighted by Crippen LogP contribution is -2.57. The minimum Gasteiger partial charge on any atom is -0.262 e. The Morgan fingerprint density at radius 3 is 2.25 bits per heavy atom. The Kier molecular flexibility index (Phi) is 2.54. The number of amides is 1. The molecule has 2 rings (SSSR count). The van der Waals surface area contributed by atoms with Crippen LogP contribution in [0.5, 0.6) is 0 Å². The highest BCUT2D eigenvalue weighted by molar-refractivity contribution is 6.01. The molecular weight excluding hydrogens is 200 g/mol. The Labute approximate surface area is 95.8 Å². The third kappa shape index (κ3) is 1.98. The van der Waals surface area contributed by atoms with E-state index in [-0.39, 0.29) is 11.3 Å². The van der Waals surface area contributed by atoms with Gasteiger partial charge in [-0.1, -0.05) is 39.0 Å². The fourth-order valence-corrected chi connectivity index (χ4v) is 2.00. The van der Waals surface area contributed by atoms with E-state index in [1.807, 2.05) is 22.9 Å². The second kappa shape index (κ2) is 3.74. The summed E-state index contributed by atoms with van der Waals surface area (Å²) in [4.78, 5) is 11.0. The smallest absolute Gasteiger partial charge is 0.262 e. The number of rotatable bonds is 1. The molecule has 0 bridgehead atoms. The molecule has 16 heavy (non-hydrogen) atoms. The predicted molar refractivity (Wildman–Crippen MR) is 63.3 cm³/mol. The van der Waals surface area contributed by atoms with E-state index >= 15 is 0 Å². The maximum atomic E-state index is 11.0. The van der Waals surface area contributed by atoms with Crippen molar-refractivity contribution >= 4 is 11.6 Å². The van der Waals surface area contributed by atoms with Crippen LogP contribution in [0.1, 0.15) is 26.3 Å². The Hall–Kier alpha value is -1.64. The van der Waals surface area contributed by atoms with Gasteiger partial charge in [-0.15, -0.1) is 10.1 Å². The van der Waals surface area contributed by atoms with Gasteiger partial charge in [-0.25, -0.2) is 0 Å². The van der Waals surface area contributed by atoms with E-state index in [0.717, 1.165) is 11.3 Å². The molecule has 1 aliphatic rings. The van der Waals surface area contributed by atoms with E-state index in [2.05, 4.69) is 38.3 Å². The molecule has 0 unspecified atom stereocenters. The van der Waals surface area contributed by atoms with Gasteiger partial charge in [0.05, 0.1) is 0 Å². The maximum absolute atomic E-state index is 11.0. The lowest BCUT2D eigenvalue weighted by Gasteiger charge is -2.23. The molecule has 0 aromatic heterocycles. The molecule has 3 heteroatoms. The molecule has 0 saturated carbocycles. The summed E-state index contributed by atoms with van der Waals surface area (Å²) >= 11 is 0. The molecule has 3 nitrogen and oxygen atoms in total. The van der Waals surface area contributed by atoms with Crippen molar-refractivity contribution in [3.63, 3.8) is 0 Å². The lowest BCUT2D eigenvalue weighted by atomic mass is 9.85. The molecule has 1 saturated heterocycles. The van der Waals surface area contributed by atoms with Gasteiger partial charge >= 0.3 is 5.91 Å². The fourth-order valence-electron chi connectivity index (χ4n) is 2.00. The number of hydrogen-bond acceptors (Lipinski definition) is 1. The second-order valence-electron chi connectivity index (χ2n) is 5.09. The normalized spacial score (nSPS) is 18.8. The third-order valence-electron chi connectivity index (χ3n) is 2.59. The first-order valence-corrected chi connectivity index (χ1v) is 5.48. The number of carbonyl (C=O) groups excluding carboxylic acids is 1. The van der Waals surface area contributed by atoms with Crippen LogP contribution in [-0.4, -0.2) is 22.8 Å². The van der Waals surface area contributed by atoms with Crippen molar-refractivity contribution in [2.24, 2.45) is 5.41 Å². The number of benzene rings is 1. The zero-order valence-corrected chi connectivity index (χ0v) is 9.95. The minimum absolute atomic E-state index is 0.00898. The fraction of sp³-hybridized carbons (Fsp3) is 0.385. The second-order valence-corrected chi connectivity index (χ2v) is 5.09. The molecule has 1 fully saturated rings. The van der Waals surface area contributed by atoms with Crippen molar-refractivity contribution in [3.05, 3.63) is 35.9 Å². The number of carbonyl (C=O) groups is 1. The number of nitrogens with zero attached hydrogens (tertiary/aromatic N) is 1. The highest BCUT2D eigenvalue weighted by atomic mass is 16.2. The quantitative estimate of drug-likeness (QED) is 0.712. The molecular formula is C13H17N2O+. The Bertz CT molecular complexity index is 431. The van der Waals surface area contributed by atoms with Crippen molar-refractivity contribution < 1.29 is 9.48 Å². The standard InChI is InChI=1S/C13H16N2O/c1-13(2,3)12(15-9-11(16)14-15)10-7-5-4-6-8-10/h4-8H,9H2,1-3H3/p+1. The first-order chi connectivity index (χ1) is 7.48. The van der Waals surface area contributed by atoms with Gasteiger partial charge < -0.3 is 0 Å². The van der Waals surface area contributed by atoms with Gasteiger partial charge in [0, 0.05) is 11.0 Å². The van der Waals surface area contributed by atoms with Crippen LogP contribution in [0.15, 0.2) is 30.3 Å². The largest absolute Gasteiger partial charge is 0.342 e. The van der Waals surface area contributed by atoms with Gasteiger partial charge in [0.1, 0.15) is 0 Å². The average Bonchev–Trinajstić information content (AvgIpc) is 2.15. The molecule has 1 heterocycles. The molecule has 84 valence electrons. The molecule has 1 aromatic rings. The van der Waals surface area contributed by atoms with Crippen LogP contribution >= 0.6 is 0 Å². The van der Waals surface area contributed by atoms with E-state index in [1.165, 1.54) is 0 Å². The third-order valence-corrected chi connectivity index (χ3v) is 2.59. The molecule has 0 radical (unpaired) electrons. The first-order valence-electron chi connectivity index (χ1n) is 5.48. The molecule has 1 aromatic carbocycles. The number of hydrogen-bond donors (Lipinski definition) is 1. The summed E-state index contributed by atoms with van der Waals surface area (Å²) in [6, 6.07) is 10.2. The van der Waals surface area contributed by atoms with Gasteiger partial charge in [-0.05, 0) is 12.1 Å². The topological polar surface area (TPSA) is 32.1 Å². The van der Waals surface area contributed by atoms with Crippen molar-refractivity contribution in [1.29, 1.82) is 0 Å². The Balaban J connectivity index is 2.46. The van der Waals surface area contributed by atoms with Crippen LogP contribution in [0.25, 0.3) is 0 Å². The highest BCUT2D eigenvalue weighted by Crippen LogP contribution is 2.22. The summed E-state index contributed by atoms with van der Waals surface area (Å²) < 4.78 is 1.93. The molecule has 0 spiro atoms. The Morgan fingerprint density at radius 2 is 1.81 bits per heavy atom. The summed E-state index contributed by atoms with van der Waals surface area (Å²) in [5.41, 5.74) is 5.14. The zero-order valence-electron chi connectivity index (χ0n) is 9.95. The SMILES string of the molecule is CC(C)(C)C(c1ccccc1)=[N+]1CC(=O)N1. The number of hydrazone groups is 1. The van der Waals surface area contributed by atoms with Crippen molar-refractivity contribution in [1.82, 2.24) is 5.43 Å². The molecule has 1 amide bonds. The van der Waals surface area contributed by atoms with Crippen molar-refractivity contribution in [3.8, 4) is 0 Å². The molecule has 0 aliphatic carbocycles. The first kappa shape index (κ1) is 10.9. The lowest BCUT2D eigenvalue weighted by molar-refractivity contribution is -0.604.